The predicted octanol–water partition coefficient (Wildman–Crippen LogP) is 33.4. The molecule has 0 aliphatic carbocycles. The molecule has 10 aromatic carbocycles. The summed E-state index contributed by atoms with van der Waals surface area (Å²) in [5, 5.41) is 13.4. The average molecular weight is 1830 g/mol. The third kappa shape index (κ3) is 25.7. The first-order valence-corrected chi connectivity index (χ1v) is 51.7. The Morgan fingerprint density at radius 1 is 0.219 bits per heavy atom. The molecule has 15 aromatic rings. The van der Waals surface area contributed by atoms with Crippen LogP contribution in [0.3, 0.4) is 0 Å². The zero-order valence-corrected chi connectivity index (χ0v) is 92.7. The first-order chi connectivity index (χ1) is 64.0. The Labute approximate surface area is 830 Å². The van der Waals surface area contributed by atoms with Gasteiger partial charge in [-0.2, -0.15) is 0 Å². The summed E-state index contributed by atoms with van der Waals surface area (Å²) >= 11 is 0. The molecule has 0 spiro atoms. The minimum Gasteiger partial charge on any atom is -0.200 e. The molecule has 5 heteroatoms. The summed E-state index contributed by atoms with van der Waals surface area (Å²) < 4.78 is 11.4. The summed E-state index contributed by atoms with van der Waals surface area (Å²) in [6, 6.07) is 72.4. The summed E-state index contributed by atoms with van der Waals surface area (Å²) in [4.78, 5) is 0. The van der Waals surface area contributed by atoms with Gasteiger partial charge in [0.25, 0.3) is 0 Å². The van der Waals surface area contributed by atoms with Gasteiger partial charge in [-0.3, -0.25) is 0 Å². The fraction of sp³-hybridized carbons (Fsp3) is 0.432. The fourth-order valence-electron chi connectivity index (χ4n) is 20.2. The van der Waals surface area contributed by atoms with Crippen LogP contribution < -0.4 is 22.8 Å². The molecule has 5 heterocycles. The first-order valence-electron chi connectivity index (χ1n) is 51.7. The average Bonchev–Trinajstić information content (AvgIpc) is 0.755. The Hall–Kier alpha value is -10.8. The number of aromatic nitrogens is 5. The lowest BCUT2D eigenvalue weighted by molar-refractivity contribution is -0.659. The van der Waals surface area contributed by atoms with E-state index in [0.29, 0.717) is 47.3 Å². The summed E-state index contributed by atoms with van der Waals surface area (Å²) in [6.07, 6.45) is 16.7. The molecule has 0 atom stereocenters. The minimum absolute atomic E-state index is 0.105. The van der Waals surface area contributed by atoms with Crippen LogP contribution in [0.2, 0.25) is 0 Å². The maximum atomic E-state index is 2.44. The lowest BCUT2D eigenvalue weighted by Gasteiger charge is -2.28. The van der Waals surface area contributed by atoms with Gasteiger partial charge in [-0.1, -0.05) is 291 Å². The number of hydrogen-bond donors (Lipinski definition) is 0. The second kappa shape index (κ2) is 43.7. The van der Waals surface area contributed by atoms with Crippen LogP contribution in [0.15, 0.2) is 219 Å². The molecule has 15 rings (SSSR count). The number of hydrogen-bond acceptors (Lipinski definition) is 0. The van der Waals surface area contributed by atoms with E-state index in [1.54, 1.807) is 0 Å². The van der Waals surface area contributed by atoms with E-state index in [0.717, 1.165) is 32.1 Å². The lowest BCUT2D eigenvalue weighted by Crippen LogP contribution is -2.31. The van der Waals surface area contributed by atoms with Gasteiger partial charge in [-0.25, -0.2) is 22.8 Å². The topological polar surface area (TPSA) is 19.4 Å². The second-order valence-electron chi connectivity index (χ2n) is 47.9. The fourth-order valence-corrected chi connectivity index (χ4v) is 20.2. The molecule has 0 radical (unpaired) electrons. The Morgan fingerprint density at radius 2 is 0.482 bits per heavy atom. The Bertz CT molecular complexity index is 6850. The van der Waals surface area contributed by atoms with Gasteiger partial charge in [0.05, 0.1) is 49.2 Å². The number of pyridine rings is 5. The van der Waals surface area contributed by atoms with Gasteiger partial charge in [-0.05, 0) is 343 Å². The van der Waals surface area contributed by atoms with Crippen LogP contribution in [0, 0.1) is 78.1 Å². The van der Waals surface area contributed by atoms with Crippen molar-refractivity contribution >= 4 is 53.9 Å². The normalized spacial score (nSPS) is 12.2. The van der Waals surface area contributed by atoms with Crippen molar-refractivity contribution < 1.29 is 22.8 Å². The lowest BCUT2D eigenvalue weighted by atomic mass is 9.76. The third-order valence-electron chi connectivity index (χ3n) is 28.3. The molecule has 0 amide bonds. The molecule has 5 aromatic heterocycles. The van der Waals surface area contributed by atoms with Crippen LogP contribution in [0.1, 0.15) is 317 Å². The number of benzene rings is 10. The van der Waals surface area contributed by atoms with Crippen molar-refractivity contribution in [2.75, 3.05) is 0 Å². The Kier molecular flexibility index (Phi) is 34.1. The van der Waals surface area contributed by atoms with E-state index in [4.69, 9.17) is 0 Å². The zero-order valence-electron chi connectivity index (χ0n) is 92.7. The molecule has 0 saturated carbocycles. The van der Waals surface area contributed by atoms with Crippen molar-refractivity contribution in [1.29, 1.82) is 0 Å². The molecule has 137 heavy (non-hydrogen) atoms. The van der Waals surface area contributed by atoms with Crippen molar-refractivity contribution in [3.63, 3.8) is 0 Å². The van der Waals surface area contributed by atoms with Crippen molar-refractivity contribution in [2.24, 2.45) is 64.8 Å². The highest BCUT2D eigenvalue weighted by molar-refractivity contribution is 5.99. The van der Waals surface area contributed by atoms with E-state index in [-0.39, 0.29) is 21.7 Å². The number of aryl methyl sites for hydroxylation is 8. The molecule has 0 unspecified atom stereocenters. The highest BCUT2D eigenvalue weighted by Gasteiger charge is 2.31. The van der Waals surface area contributed by atoms with E-state index in [1.165, 1.54) is 216 Å². The largest absolute Gasteiger partial charge is 0.220 e. The van der Waals surface area contributed by atoms with E-state index in [9.17, 15) is 0 Å². The van der Waals surface area contributed by atoms with Gasteiger partial charge in [0.15, 0.2) is 31.0 Å². The standard InChI is InChI=1S/C29H40N.C27H36N.C26H34N.2C25H32N/c1-19(2)15-21-11-12-24-22(16-21)13-14-30(10)27(24)25-17-23(28(4,5)6)18-26(20(25)3)29(7,8)9;1-17(2)13-21-9-10-24-22(14-21)11-12-28(8)27(24)26-16-23(18(3)4)15-25(19(5)6)20(26)7;1-17(2)13-20-9-10-23-21(15-20)11-12-27(8)25(23)24-16-22(26(5,6)7)14-18(3)19(24)4;1-17(2)14-19-9-11-22-20(15-19)12-13-26(7)24(22)23-16-21(25(4,5)6)10-8-18(23)3;1-16(2)12-20-8-9-23-21(14-20)10-11-26(7)25(23)24-15-22(17(3)4)13-18(5)19(24)6/h11-14,16-19H,15H2,1-10H3;9-12,14-19H,13H2,1-8H3;9-12,14-17H,13H2,1-8H3;8-13,15-17H,14H2,1-7H3;8-11,13-17H,12H2,1-7H3/q5*+1. The van der Waals surface area contributed by atoms with Crippen LogP contribution >= 0.6 is 0 Å². The summed E-state index contributed by atoms with van der Waals surface area (Å²) in [7, 11) is 10.8. The highest BCUT2D eigenvalue weighted by atomic mass is 14.9. The molecule has 0 bridgehead atoms. The van der Waals surface area contributed by atoms with Crippen LogP contribution in [0.5, 0.6) is 0 Å². The van der Waals surface area contributed by atoms with Gasteiger partial charge in [-0.15, -0.1) is 0 Å². The molecule has 0 aliphatic rings. The van der Waals surface area contributed by atoms with Crippen LogP contribution in [0.4, 0.5) is 0 Å². The monoisotopic (exact) mass is 1830 g/mol. The van der Waals surface area contributed by atoms with E-state index in [1.807, 2.05) is 0 Å². The Morgan fingerprint density at radius 3 is 0.766 bits per heavy atom. The number of rotatable bonds is 18. The van der Waals surface area contributed by atoms with Gasteiger partial charge in [0.1, 0.15) is 35.2 Å². The third-order valence-corrected chi connectivity index (χ3v) is 28.3. The zero-order chi connectivity index (χ0) is 101. The molecular weight excluding hydrogens is 1660 g/mol. The molecule has 5 nitrogen and oxygen atoms in total. The maximum Gasteiger partial charge on any atom is 0.220 e. The number of nitrogens with zero attached hydrogens (tertiary/aromatic N) is 5. The van der Waals surface area contributed by atoms with Crippen molar-refractivity contribution in [1.82, 2.24) is 0 Å². The smallest absolute Gasteiger partial charge is 0.200 e. The quantitative estimate of drug-likeness (QED) is 0.0763. The van der Waals surface area contributed by atoms with Crippen molar-refractivity contribution in [3.05, 3.63) is 325 Å². The van der Waals surface area contributed by atoms with Gasteiger partial charge < -0.3 is 0 Å². The highest BCUT2D eigenvalue weighted by Crippen LogP contribution is 2.43. The van der Waals surface area contributed by atoms with Gasteiger partial charge >= 0.3 is 0 Å². The summed E-state index contributed by atoms with van der Waals surface area (Å²) in [6.45, 7) is 80.0. The molecule has 0 aliphatic heterocycles. The summed E-state index contributed by atoms with van der Waals surface area (Å²) in [5.41, 5.74) is 40.6. The molecule has 722 valence electrons. The van der Waals surface area contributed by atoms with Crippen LogP contribution in [-0.2, 0) is 89.0 Å². The van der Waals surface area contributed by atoms with Crippen molar-refractivity contribution in [2.45, 2.75) is 314 Å². The van der Waals surface area contributed by atoms with Gasteiger partial charge in [0, 0.05) is 35.9 Å². The maximum absolute atomic E-state index is 2.44. The molecule has 0 fully saturated rings. The predicted molar refractivity (Wildman–Crippen MR) is 596 cm³/mol. The van der Waals surface area contributed by atoms with Crippen molar-refractivity contribution in [3.8, 4) is 56.3 Å². The molecular formula is C132H174N5+5. The van der Waals surface area contributed by atoms with E-state index >= 15 is 0 Å². The molecule has 0 saturated heterocycles. The molecule has 0 N–H and O–H groups in total. The van der Waals surface area contributed by atoms with E-state index < -0.39 is 0 Å². The van der Waals surface area contributed by atoms with Gasteiger partial charge in [0.2, 0.25) is 28.5 Å². The van der Waals surface area contributed by atoms with Crippen LogP contribution in [-0.4, -0.2) is 0 Å². The first kappa shape index (κ1) is 107. The number of fused-ring (bicyclic) bond motifs is 5. The van der Waals surface area contributed by atoms with Crippen LogP contribution in [0.25, 0.3) is 110 Å². The SMILES string of the molecule is Cc1c(-c2c3ccc(CC(C)C)cc3cc[n+]2C)cc(C(C)(C)C)cc1C(C)(C)C.Cc1c(-c2c3ccc(CC(C)C)cc3cc[n+]2C)cc(C(C)C)cc1C(C)C.Cc1cc(C(C)(C)C)cc(-c2c3ccc(CC(C)C)cc3cc[n+]2C)c1C.Cc1cc(C(C)C)cc(-c2c3ccc(CC(C)C)cc3cc[n+]2C)c1C.Cc1ccc(C(C)(C)C)cc1-c1c2ccc(CC(C)C)cc2cc[n+]1C. The van der Waals surface area contributed by atoms with E-state index in [2.05, 4.69) is 519 Å². The minimum atomic E-state index is 0.105. The Balaban J connectivity index is 0.000000164. The second-order valence-corrected chi connectivity index (χ2v) is 47.9. The summed E-state index contributed by atoms with van der Waals surface area (Å²) in [5.74, 6) is 4.96.